The summed E-state index contributed by atoms with van der Waals surface area (Å²) in [7, 11) is -4.47. The van der Waals surface area contributed by atoms with Gasteiger partial charge in [-0.25, -0.2) is 12.7 Å². The molecule has 0 aromatic carbocycles. The number of hydrogen-bond acceptors (Lipinski definition) is 2. The van der Waals surface area contributed by atoms with Gasteiger partial charge in [0.1, 0.15) is 0 Å². The summed E-state index contributed by atoms with van der Waals surface area (Å²) in [6, 6.07) is 0. The lowest BCUT2D eigenvalue weighted by Crippen LogP contribution is -2.49. The maximum atomic E-state index is 12.2. The summed E-state index contributed by atoms with van der Waals surface area (Å²) in [5.74, 6) is 0. The van der Waals surface area contributed by atoms with Gasteiger partial charge in [-0.15, -0.1) is 0 Å². The van der Waals surface area contributed by atoms with Crippen LogP contribution in [0.1, 0.15) is 0 Å². The van der Waals surface area contributed by atoms with Gasteiger partial charge in [0, 0.05) is 14.1 Å². The average Bonchev–Trinajstić information content (AvgIpc) is 1.84. The zero-order valence-corrected chi connectivity index (χ0v) is 7.38. The largest absolute Gasteiger partial charge is 0.470 e. The number of hydrogen-bond donors (Lipinski definition) is 0. The minimum absolute atomic E-state index is 0.180. The maximum Gasteiger partial charge on any atom is 0.470 e. The molecule has 0 spiro atoms. The molecule has 0 saturated carbocycles. The Hall–Kier alpha value is -0.440. The van der Waals surface area contributed by atoms with Crippen molar-refractivity contribution in [2.45, 2.75) is 11.4 Å². The number of sulfonamides is 1. The Morgan fingerprint density at radius 3 is 1.38 bits per heavy atom. The number of halogens is 5. The van der Waals surface area contributed by atoms with Crippen molar-refractivity contribution in [3.8, 4) is 0 Å². The third-order valence-electron chi connectivity index (χ3n) is 1.13. The van der Waals surface area contributed by atoms with E-state index in [1.807, 2.05) is 0 Å². The van der Waals surface area contributed by atoms with E-state index < -0.39 is 21.5 Å². The Morgan fingerprint density at radius 1 is 1.00 bits per heavy atom. The molecule has 0 unspecified atom stereocenters. The first-order chi connectivity index (χ1) is 5.44. The second-order valence-corrected chi connectivity index (χ2v) is 4.50. The molecule has 0 saturated heterocycles. The lowest BCUT2D eigenvalue weighted by Gasteiger charge is -2.22. The van der Waals surface area contributed by atoms with Crippen molar-refractivity contribution in [3.05, 3.63) is 0 Å². The molecule has 0 aliphatic carbocycles. The Balaban J connectivity index is 5.31. The molecule has 13 heavy (non-hydrogen) atoms. The van der Waals surface area contributed by atoms with E-state index in [0.717, 1.165) is 0 Å². The monoisotopic (exact) mass is 227 g/mol. The van der Waals surface area contributed by atoms with Crippen molar-refractivity contribution < 1.29 is 30.4 Å². The van der Waals surface area contributed by atoms with Crippen LogP contribution in [0.2, 0.25) is 0 Å². The first kappa shape index (κ1) is 12.6. The van der Waals surface area contributed by atoms with Crippen LogP contribution < -0.4 is 0 Å². The highest BCUT2D eigenvalue weighted by Gasteiger charge is 2.68. The lowest BCUT2D eigenvalue weighted by atomic mass is 10.7. The molecule has 0 bridgehead atoms. The zero-order chi connectivity index (χ0) is 11.1. The van der Waals surface area contributed by atoms with Gasteiger partial charge >= 0.3 is 11.4 Å². The quantitative estimate of drug-likeness (QED) is 0.661. The molecule has 0 atom stereocenters. The summed E-state index contributed by atoms with van der Waals surface area (Å²) in [5.41, 5.74) is 0. The van der Waals surface area contributed by atoms with Gasteiger partial charge in [-0.05, 0) is 0 Å². The van der Waals surface area contributed by atoms with Gasteiger partial charge in [-0.2, -0.15) is 22.0 Å². The molecule has 0 aromatic heterocycles. The maximum absolute atomic E-state index is 12.2. The smallest absolute Gasteiger partial charge is 0.205 e. The zero-order valence-electron chi connectivity index (χ0n) is 6.56. The third kappa shape index (κ3) is 1.90. The van der Waals surface area contributed by atoms with Gasteiger partial charge in [-0.3, -0.25) is 0 Å². The van der Waals surface area contributed by atoms with Crippen LogP contribution in [-0.2, 0) is 10.0 Å². The summed E-state index contributed by atoms with van der Waals surface area (Å²) in [5, 5.41) is -5.75. The first-order valence-electron chi connectivity index (χ1n) is 2.81. The van der Waals surface area contributed by atoms with Crippen molar-refractivity contribution in [3.63, 3.8) is 0 Å². The first-order valence-corrected chi connectivity index (χ1v) is 4.25. The molecule has 3 nitrogen and oxygen atoms in total. The van der Waals surface area contributed by atoms with Crippen molar-refractivity contribution >= 4 is 10.0 Å². The normalized spacial score (nSPS) is 15.1. The summed E-state index contributed by atoms with van der Waals surface area (Å²) >= 11 is 0. The van der Waals surface area contributed by atoms with Crippen LogP contribution in [0.25, 0.3) is 0 Å². The number of rotatable bonds is 2. The predicted octanol–water partition coefficient (Wildman–Crippen LogP) is 1.03. The fourth-order valence-corrected chi connectivity index (χ4v) is 1.13. The molecule has 80 valence electrons. The molecule has 0 aliphatic heterocycles. The van der Waals surface area contributed by atoms with Gasteiger partial charge < -0.3 is 0 Å². The molecular weight excluding hydrogens is 221 g/mol. The molecule has 0 heterocycles. The highest BCUT2D eigenvalue weighted by Crippen LogP contribution is 2.40. The van der Waals surface area contributed by atoms with Gasteiger partial charge in [0.05, 0.1) is 0 Å². The summed E-state index contributed by atoms with van der Waals surface area (Å²) in [6.07, 6.45) is -6.10. The minimum atomic E-state index is -6.10. The van der Waals surface area contributed by atoms with Crippen LogP contribution in [0, 0.1) is 0 Å². The van der Waals surface area contributed by atoms with E-state index in [2.05, 4.69) is 0 Å². The Labute approximate surface area is 71.2 Å². The van der Waals surface area contributed by atoms with Crippen LogP contribution in [-0.4, -0.2) is 38.2 Å². The van der Waals surface area contributed by atoms with E-state index in [1.54, 1.807) is 0 Å². The van der Waals surface area contributed by atoms with Crippen LogP contribution in [0.15, 0.2) is 0 Å². The number of alkyl halides is 5. The molecular formula is C4H6F5NO2S. The molecule has 0 aliphatic rings. The van der Waals surface area contributed by atoms with E-state index in [9.17, 15) is 30.4 Å². The van der Waals surface area contributed by atoms with Crippen LogP contribution in [0.3, 0.4) is 0 Å². The van der Waals surface area contributed by atoms with E-state index in [0.29, 0.717) is 14.1 Å². The van der Waals surface area contributed by atoms with Crippen molar-refractivity contribution in [1.82, 2.24) is 4.31 Å². The average molecular weight is 227 g/mol. The van der Waals surface area contributed by atoms with Crippen LogP contribution >= 0.6 is 0 Å². The van der Waals surface area contributed by atoms with Gasteiger partial charge in [0.25, 0.3) is 10.0 Å². The predicted molar refractivity (Wildman–Crippen MR) is 33.6 cm³/mol. The Kier molecular flexibility index (Phi) is 2.95. The van der Waals surface area contributed by atoms with E-state index in [-0.39, 0.29) is 4.31 Å². The van der Waals surface area contributed by atoms with Gasteiger partial charge in [-0.1, -0.05) is 0 Å². The summed E-state index contributed by atoms with van der Waals surface area (Å²) in [4.78, 5) is 0. The molecule has 0 aromatic rings. The van der Waals surface area contributed by atoms with Gasteiger partial charge in [0.15, 0.2) is 0 Å². The summed E-state index contributed by atoms with van der Waals surface area (Å²) in [6.45, 7) is 0. The van der Waals surface area contributed by atoms with Crippen LogP contribution in [0.5, 0.6) is 0 Å². The van der Waals surface area contributed by atoms with Crippen molar-refractivity contribution in [2.75, 3.05) is 14.1 Å². The van der Waals surface area contributed by atoms with Crippen molar-refractivity contribution in [1.29, 1.82) is 0 Å². The minimum Gasteiger partial charge on any atom is -0.205 e. The molecule has 0 N–H and O–H groups in total. The summed E-state index contributed by atoms with van der Waals surface area (Å²) < 4.78 is 79.7. The third-order valence-corrected chi connectivity index (χ3v) is 2.98. The molecule has 9 heteroatoms. The second-order valence-electron chi connectivity index (χ2n) is 2.30. The molecule has 0 fully saturated rings. The Bertz CT molecular complexity index is 279. The fraction of sp³-hybridized carbons (Fsp3) is 1.00. The van der Waals surface area contributed by atoms with Crippen molar-refractivity contribution in [2.24, 2.45) is 0 Å². The highest BCUT2D eigenvalue weighted by atomic mass is 32.2. The Morgan fingerprint density at radius 2 is 1.31 bits per heavy atom. The second kappa shape index (κ2) is 3.05. The SMILES string of the molecule is CN(C)S(=O)(=O)C(F)(F)C(F)(F)F. The fourth-order valence-electron chi connectivity index (χ4n) is 0.376. The molecule has 0 radical (unpaired) electrons. The van der Waals surface area contributed by atoms with Gasteiger partial charge in [0.2, 0.25) is 0 Å². The number of nitrogens with zero attached hydrogens (tertiary/aromatic N) is 1. The highest BCUT2D eigenvalue weighted by molar-refractivity contribution is 7.90. The van der Waals surface area contributed by atoms with E-state index in [1.165, 1.54) is 0 Å². The van der Waals surface area contributed by atoms with Crippen LogP contribution in [0.4, 0.5) is 22.0 Å². The molecule has 0 rings (SSSR count). The topological polar surface area (TPSA) is 37.4 Å². The standard InChI is InChI=1S/C4H6F5NO2S/c1-10(2)13(11,12)4(8,9)3(5,6)7/h1-2H3. The van der Waals surface area contributed by atoms with E-state index >= 15 is 0 Å². The molecule has 0 amide bonds. The lowest BCUT2D eigenvalue weighted by molar-refractivity contribution is -0.242. The van der Waals surface area contributed by atoms with E-state index in [4.69, 9.17) is 0 Å².